The van der Waals surface area contributed by atoms with Crippen LogP contribution in [0.25, 0.3) is 32.3 Å². The molecule has 46 heavy (non-hydrogen) atoms. The maximum absolute atomic E-state index is 13.5. The number of hydrogen-bond donors (Lipinski definition) is 2. The average molecular weight is 617 g/mol. The van der Waals surface area contributed by atoms with Crippen LogP contribution in [0.4, 0.5) is 5.69 Å². The lowest BCUT2D eigenvalue weighted by Crippen LogP contribution is -2.27. The molecule has 0 saturated heterocycles. The monoisotopic (exact) mass is 616 g/mol. The zero-order valence-electron chi connectivity index (χ0n) is 25.5. The van der Waals surface area contributed by atoms with E-state index >= 15 is 0 Å². The number of anilines is 1. The maximum atomic E-state index is 13.5. The lowest BCUT2D eigenvalue weighted by molar-refractivity contribution is 0.00992. The Balaban J connectivity index is 0.902. The third-order valence-corrected chi connectivity index (χ3v) is 7.71. The number of nitrogens with one attached hydrogen (secondary N) is 2. The number of rotatable bonds is 16. The Morgan fingerprint density at radius 3 is 1.89 bits per heavy atom. The fourth-order valence-electron chi connectivity index (χ4n) is 5.50. The van der Waals surface area contributed by atoms with Gasteiger partial charge in [-0.15, -0.1) is 0 Å². The van der Waals surface area contributed by atoms with Crippen LogP contribution in [0.15, 0.2) is 109 Å². The van der Waals surface area contributed by atoms with E-state index in [1.54, 1.807) is 12.1 Å². The number of benzene rings is 6. The SMILES string of the molecule is O=C(NCCOCCOCCOCCOc1ccccc1NC(=O)c1ccc2ccc3cccc4ccc1c2c34)c1ccccc1. The zero-order chi connectivity index (χ0) is 31.6. The van der Waals surface area contributed by atoms with E-state index in [0.29, 0.717) is 75.4 Å². The lowest BCUT2D eigenvalue weighted by Gasteiger charge is -2.15. The van der Waals surface area contributed by atoms with Crippen molar-refractivity contribution in [2.75, 3.05) is 58.1 Å². The summed E-state index contributed by atoms with van der Waals surface area (Å²) in [5.74, 6) is 0.267. The highest BCUT2D eigenvalue weighted by Gasteiger charge is 2.16. The standard InChI is InChI=1S/C38H36N2O6/c41-37(30-7-2-1-3-8-30)39-19-20-43-21-22-44-23-24-45-25-26-46-34-12-5-4-11-33(34)40-38(42)32-18-16-29-14-13-27-9-6-10-28-15-17-31(32)36(29)35(27)28/h1-18H,19-26H2,(H,39,41)(H,40,42). The van der Waals surface area contributed by atoms with Gasteiger partial charge in [0.2, 0.25) is 0 Å². The van der Waals surface area contributed by atoms with Gasteiger partial charge in [-0.05, 0) is 62.6 Å². The van der Waals surface area contributed by atoms with Gasteiger partial charge in [-0.1, -0.05) is 78.9 Å². The molecule has 0 radical (unpaired) electrons. The molecule has 0 spiro atoms. The molecule has 0 aliphatic rings. The summed E-state index contributed by atoms with van der Waals surface area (Å²) in [5.41, 5.74) is 1.84. The third kappa shape index (κ3) is 7.43. The molecular weight excluding hydrogens is 580 g/mol. The smallest absolute Gasteiger partial charge is 0.256 e. The molecule has 6 rings (SSSR count). The maximum Gasteiger partial charge on any atom is 0.256 e. The molecule has 6 aromatic rings. The van der Waals surface area contributed by atoms with Crippen molar-refractivity contribution in [3.05, 3.63) is 120 Å². The van der Waals surface area contributed by atoms with Crippen molar-refractivity contribution < 1.29 is 28.5 Å². The molecule has 0 aliphatic heterocycles. The summed E-state index contributed by atoms with van der Waals surface area (Å²) in [4.78, 5) is 25.5. The number of carbonyl (C=O) groups is 2. The van der Waals surface area contributed by atoms with Gasteiger partial charge in [-0.3, -0.25) is 9.59 Å². The first-order chi connectivity index (χ1) is 22.7. The third-order valence-electron chi connectivity index (χ3n) is 7.71. The van der Waals surface area contributed by atoms with Crippen molar-refractivity contribution in [3.63, 3.8) is 0 Å². The molecule has 8 heteroatoms. The minimum Gasteiger partial charge on any atom is -0.489 e. The molecule has 8 nitrogen and oxygen atoms in total. The Morgan fingerprint density at radius 2 is 1.13 bits per heavy atom. The van der Waals surface area contributed by atoms with Crippen LogP contribution in [0.1, 0.15) is 20.7 Å². The normalized spacial score (nSPS) is 11.3. The topological polar surface area (TPSA) is 95.1 Å². The van der Waals surface area contributed by atoms with Crippen molar-refractivity contribution in [2.45, 2.75) is 0 Å². The minimum absolute atomic E-state index is 0.116. The molecule has 0 heterocycles. The summed E-state index contributed by atoms with van der Waals surface area (Å²) >= 11 is 0. The quantitative estimate of drug-likeness (QED) is 0.0929. The van der Waals surface area contributed by atoms with E-state index in [1.807, 2.05) is 60.7 Å². The summed E-state index contributed by atoms with van der Waals surface area (Å²) in [6.45, 7) is 3.26. The Kier molecular flexibility index (Phi) is 10.3. The molecule has 0 atom stereocenters. The Morgan fingerprint density at radius 1 is 0.522 bits per heavy atom. The first-order valence-electron chi connectivity index (χ1n) is 15.5. The van der Waals surface area contributed by atoms with E-state index in [-0.39, 0.29) is 11.8 Å². The van der Waals surface area contributed by atoms with Crippen LogP contribution < -0.4 is 15.4 Å². The van der Waals surface area contributed by atoms with Crippen LogP contribution in [0.2, 0.25) is 0 Å². The van der Waals surface area contributed by atoms with Gasteiger partial charge in [0.05, 0.1) is 45.3 Å². The molecule has 0 aliphatic carbocycles. The molecule has 0 saturated carbocycles. The van der Waals surface area contributed by atoms with Crippen molar-refractivity contribution in [1.82, 2.24) is 5.32 Å². The van der Waals surface area contributed by atoms with E-state index in [0.717, 1.165) is 26.9 Å². The number of para-hydroxylation sites is 2. The van der Waals surface area contributed by atoms with Gasteiger partial charge in [0.15, 0.2) is 0 Å². The second-order valence-corrected chi connectivity index (χ2v) is 10.7. The highest BCUT2D eigenvalue weighted by molar-refractivity contribution is 6.27. The van der Waals surface area contributed by atoms with Crippen LogP contribution in [-0.4, -0.2) is 64.6 Å². The number of carbonyl (C=O) groups excluding carboxylic acids is 2. The van der Waals surface area contributed by atoms with E-state index in [2.05, 4.69) is 47.0 Å². The highest BCUT2D eigenvalue weighted by atomic mass is 16.6. The minimum atomic E-state index is -0.191. The fraction of sp³-hybridized carbons (Fsp3) is 0.211. The second-order valence-electron chi connectivity index (χ2n) is 10.7. The highest BCUT2D eigenvalue weighted by Crippen LogP contribution is 2.36. The number of ether oxygens (including phenoxy) is 4. The van der Waals surface area contributed by atoms with Crippen LogP contribution in [0.5, 0.6) is 5.75 Å². The van der Waals surface area contributed by atoms with Crippen LogP contribution in [-0.2, 0) is 14.2 Å². The van der Waals surface area contributed by atoms with Crippen molar-refractivity contribution in [2.24, 2.45) is 0 Å². The summed E-state index contributed by atoms with van der Waals surface area (Å²) in [7, 11) is 0. The molecule has 0 fully saturated rings. The summed E-state index contributed by atoms with van der Waals surface area (Å²) in [6.07, 6.45) is 0. The predicted octanol–water partition coefficient (Wildman–Crippen LogP) is 6.69. The molecular formula is C38H36N2O6. The second kappa shape index (κ2) is 15.3. The Labute approximate surface area is 267 Å². The van der Waals surface area contributed by atoms with Gasteiger partial charge in [0.25, 0.3) is 11.8 Å². The zero-order valence-corrected chi connectivity index (χ0v) is 25.5. The van der Waals surface area contributed by atoms with Gasteiger partial charge in [-0.25, -0.2) is 0 Å². The lowest BCUT2D eigenvalue weighted by atomic mass is 9.92. The summed E-state index contributed by atoms with van der Waals surface area (Å²) < 4.78 is 22.6. The molecule has 6 aromatic carbocycles. The van der Waals surface area contributed by atoms with Crippen LogP contribution in [0, 0.1) is 0 Å². The first kappa shape index (κ1) is 31.0. The van der Waals surface area contributed by atoms with Gasteiger partial charge >= 0.3 is 0 Å². The first-order valence-corrected chi connectivity index (χ1v) is 15.5. The number of amides is 2. The summed E-state index contributed by atoms with van der Waals surface area (Å²) in [5, 5.41) is 12.5. The van der Waals surface area contributed by atoms with Gasteiger partial charge in [0, 0.05) is 17.7 Å². The van der Waals surface area contributed by atoms with Crippen molar-refractivity contribution >= 4 is 49.8 Å². The molecule has 0 aromatic heterocycles. The van der Waals surface area contributed by atoms with E-state index in [1.165, 1.54) is 5.39 Å². The van der Waals surface area contributed by atoms with E-state index in [9.17, 15) is 9.59 Å². The Bertz CT molecular complexity index is 1890. The summed E-state index contributed by atoms with van der Waals surface area (Å²) in [6, 6.07) is 35.0. The fourth-order valence-corrected chi connectivity index (χ4v) is 5.50. The molecule has 0 unspecified atom stereocenters. The van der Waals surface area contributed by atoms with Crippen LogP contribution >= 0.6 is 0 Å². The molecule has 2 N–H and O–H groups in total. The van der Waals surface area contributed by atoms with E-state index < -0.39 is 0 Å². The number of hydrogen-bond acceptors (Lipinski definition) is 6. The average Bonchev–Trinajstić information content (AvgIpc) is 3.10. The van der Waals surface area contributed by atoms with Crippen LogP contribution in [0.3, 0.4) is 0 Å². The van der Waals surface area contributed by atoms with Crippen molar-refractivity contribution in [3.8, 4) is 5.75 Å². The van der Waals surface area contributed by atoms with Gasteiger partial charge < -0.3 is 29.6 Å². The largest absolute Gasteiger partial charge is 0.489 e. The van der Waals surface area contributed by atoms with E-state index in [4.69, 9.17) is 18.9 Å². The van der Waals surface area contributed by atoms with Crippen molar-refractivity contribution in [1.29, 1.82) is 0 Å². The molecule has 234 valence electrons. The molecule has 2 amide bonds. The van der Waals surface area contributed by atoms with Gasteiger partial charge in [0.1, 0.15) is 12.4 Å². The molecule has 0 bridgehead atoms. The predicted molar refractivity (Wildman–Crippen MR) is 181 cm³/mol. The van der Waals surface area contributed by atoms with Gasteiger partial charge in [-0.2, -0.15) is 0 Å². The Hall–Kier alpha value is -5.02.